The molecule has 0 spiro atoms. The fraction of sp³-hybridized carbons (Fsp3) is 0.136. The van der Waals surface area contributed by atoms with E-state index in [1.165, 1.54) is 11.8 Å². The van der Waals surface area contributed by atoms with Gasteiger partial charge in [0.05, 0.1) is 17.3 Å². The zero-order valence-electron chi connectivity index (χ0n) is 15.5. The first-order valence-electron chi connectivity index (χ1n) is 9.08. The Labute approximate surface area is 174 Å². The molecule has 7 heteroatoms. The van der Waals surface area contributed by atoms with Crippen LogP contribution in [0, 0.1) is 11.3 Å². The van der Waals surface area contributed by atoms with Crippen LogP contribution in [0.15, 0.2) is 75.1 Å². The first kappa shape index (κ1) is 19.4. The van der Waals surface area contributed by atoms with Crippen LogP contribution in [0.4, 0.5) is 5.69 Å². The van der Waals surface area contributed by atoms with Crippen LogP contribution < -0.4 is 4.72 Å². The Hall–Kier alpha value is -2.95. The number of fused-ring (bicyclic) bond motifs is 1. The van der Waals surface area contributed by atoms with Crippen molar-refractivity contribution < 1.29 is 12.8 Å². The van der Waals surface area contributed by atoms with Crippen LogP contribution in [0.5, 0.6) is 0 Å². The summed E-state index contributed by atoms with van der Waals surface area (Å²) in [6.45, 7) is 0. The molecule has 0 saturated carbocycles. The molecular formula is C22H18N2O3S2. The number of nitriles is 1. The van der Waals surface area contributed by atoms with Gasteiger partial charge in [0.15, 0.2) is 0 Å². The van der Waals surface area contributed by atoms with Crippen molar-refractivity contribution in [1.29, 1.82) is 5.26 Å². The highest BCUT2D eigenvalue weighted by Crippen LogP contribution is 2.33. The Morgan fingerprint density at radius 2 is 1.97 bits per heavy atom. The van der Waals surface area contributed by atoms with Crippen LogP contribution in [0.3, 0.4) is 0 Å². The van der Waals surface area contributed by atoms with Crippen LogP contribution in [0.2, 0.25) is 0 Å². The lowest BCUT2D eigenvalue weighted by molar-refractivity contribution is 0.443. The van der Waals surface area contributed by atoms with Crippen LogP contribution in [-0.4, -0.2) is 8.42 Å². The summed E-state index contributed by atoms with van der Waals surface area (Å²) < 4.78 is 34.0. The number of sulfonamides is 1. The van der Waals surface area contributed by atoms with E-state index in [9.17, 15) is 13.7 Å². The average Bonchev–Trinajstić information content (AvgIpc) is 3.19. The second kappa shape index (κ2) is 8.19. The molecular weight excluding hydrogens is 404 g/mol. The van der Waals surface area contributed by atoms with Gasteiger partial charge in [-0.05, 0) is 48.2 Å². The third kappa shape index (κ3) is 4.39. The molecule has 29 heavy (non-hydrogen) atoms. The quantitative estimate of drug-likeness (QED) is 0.552. The number of rotatable bonds is 6. The van der Waals surface area contributed by atoms with Gasteiger partial charge in [0.1, 0.15) is 5.76 Å². The van der Waals surface area contributed by atoms with Gasteiger partial charge < -0.3 is 4.42 Å². The van der Waals surface area contributed by atoms with Crippen molar-refractivity contribution >= 4 is 33.5 Å². The molecule has 0 atom stereocenters. The molecule has 1 aliphatic carbocycles. The molecule has 3 aromatic rings. The van der Waals surface area contributed by atoms with Crippen molar-refractivity contribution in [2.24, 2.45) is 0 Å². The van der Waals surface area contributed by atoms with E-state index in [2.05, 4.69) is 10.8 Å². The summed E-state index contributed by atoms with van der Waals surface area (Å²) in [6.07, 6.45) is 5.39. The summed E-state index contributed by atoms with van der Waals surface area (Å²) in [4.78, 5) is 0.743. The second-order valence-corrected chi connectivity index (χ2v) is 9.23. The number of aryl methyl sites for hydroxylation is 1. The molecule has 0 radical (unpaired) electrons. The van der Waals surface area contributed by atoms with Gasteiger partial charge in [-0.25, -0.2) is 0 Å². The fourth-order valence-electron chi connectivity index (χ4n) is 3.05. The summed E-state index contributed by atoms with van der Waals surface area (Å²) in [5.41, 5.74) is 2.77. The Bertz CT molecular complexity index is 1210. The number of hydrogen-bond acceptors (Lipinski definition) is 5. The number of nitrogens with zero attached hydrogens (tertiary/aromatic N) is 1. The Morgan fingerprint density at radius 3 is 2.72 bits per heavy atom. The Morgan fingerprint density at radius 1 is 1.14 bits per heavy atom. The first-order valence-corrected chi connectivity index (χ1v) is 11.5. The molecule has 146 valence electrons. The molecule has 1 heterocycles. The predicted molar refractivity (Wildman–Crippen MR) is 114 cm³/mol. The summed E-state index contributed by atoms with van der Waals surface area (Å²) in [7, 11) is -3.91. The molecule has 1 aliphatic rings. The van der Waals surface area contributed by atoms with E-state index >= 15 is 0 Å². The van der Waals surface area contributed by atoms with E-state index in [4.69, 9.17) is 4.42 Å². The minimum absolute atomic E-state index is 0.115. The number of anilines is 1. The Balaban J connectivity index is 1.61. The maximum atomic E-state index is 12.9. The fourth-order valence-corrected chi connectivity index (χ4v) is 5.12. The zero-order valence-corrected chi connectivity index (χ0v) is 17.1. The van der Waals surface area contributed by atoms with Crippen LogP contribution in [0.25, 0.3) is 6.08 Å². The molecule has 0 bridgehead atoms. The van der Waals surface area contributed by atoms with E-state index in [1.54, 1.807) is 30.3 Å². The van der Waals surface area contributed by atoms with Crippen molar-refractivity contribution in [1.82, 2.24) is 0 Å². The standard InChI is InChI=1S/C22H18N2O3S2/c23-14-17-10-11-21(28-15-16-6-2-1-3-7-16)19(12-17)24-29(25,26)22-13-18-8-4-5-9-20(18)27-22/h1-3,5-7,9-13,24H,4,8,15H2. The van der Waals surface area contributed by atoms with E-state index < -0.39 is 10.0 Å². The predicted octanol–water partition coefficient (Wildman–Crippen LogP) is 5.20. The van der Waals surface area contributed by atoms with E-state index in [0.29, 0.717) is 22.8 Å². The lowest BCUT2D eigenvalue weighted by Crippen LogP contribution is -2.13. The number of furan rings is 1. The van der Waals surface area contributed by atoms with Crippen molar-refractivity contribution in [3.8, 4) is 6.07 Å². The third-order valence-corrected chi connectivity index (χ3v) is 6.89. The van der Waals surface area contributed by atoms with Crippen molar-refractivity contribution in [2.45, 2.75) is 28.6 Å². The Kier molecular flexibility index (Phi) is 5.47. The van der Waals surface area contributed by atoms with Gasteiger partial charge in [-0.1, -0.05) is 36.4 Å². The molecule has 1 N–H and O–H groups in total. The smallest absolute Gasteiger partial charge is 0.295 e. The van der Waals surface area contributed by atoms with Crippen molar-refractivity contribution in [2.75, 3.05) is 4.72 Å². The maximum Gasteiger partial charge on any atom is 0.295 e. The van der Waals surface area contributed by atoms with Gasteiger partial charge in [-0.15, -0.1) is 11.8 Å². The largest absolute Gasteiger partial charge is 0.443 e. The lowest BCUT2D eigenvalue weighted by atomic mass is 10.1. The summed E-state index contributed by atoms with van der Waals surface area (Å²) in [5, 5.41) is 9.11. The van der Waals surface area contributed by atoms with Gasteiger partial charge in [-0.2, -0.15) is 13.7 Å². The third-order valence-electron chi connectivity index (χ3n) is 4.52. The highest BCUT2D eigenvalue weighted by molar-refractivity contribution is 7.98. The van der Waals surface area contributed by atoms with Gasteiger partial charge in [-0.3, -0.25) is 4.72 Å². The highest BCUT2D eigenvalue weighted by atomic mass is 32.2. The maximum absolute atomic E-state index is 12.9. The molecule has 2 aromatic carbocycles. The van der Waals surface area contributed by atoms with Gasteiger partial charge in [0.2, 0.25) is 5.09 Å². The minimum atomic E-state index is -3.91. The molecule has 0 amide bonds. The van der Waals surface area contributed by atoms with E-state index in [1.807, 2.05) is 36.4 Å². The number of benzene rings is 2. The summed E-state index contributed by atoms with van der Waals surface area (Å²) in [5.74, 6) is 1.27. The highest BCUT2D eigenvalue weighted by Gasteiger charge is 2.23. The zero-order chi connectivity index (χ0) is 20.3. The molecule has 0 aliphatic heterocycles. The number of hydrogen-bond donors (Lipinski definition) is 1. The molecule has 0 unspecified atom stereocenters. The van der Waals surface area contributed by atoms with Gasteiger partial charge in [0, 0.05) is 16.7 Å². The molecule has 1 aromatic heterocycles. The molecule has 0 saturated heterocycles. The van der Waals surface area contributed by atoms with E-state index in [0.717, 1.165) is 28.9 Å². The van der Waals surface area contributed by atoms with Crippen LogP contribution in [0.1, 0.15) is 28.9 Å². The summed E-state index contributed by atoms with van der Waals surface area (Å²) >= 11 is 1.50. The first-order chi connectivity index (χ1) is 14.0. The number of thioether (sulfide) groups is 1. The van der Waals surface area contributed by atoms with Gasteiger partial charge in [0.25, 0.3) is 10.0 Å². The minimum Gasteiger partial charge on any atom is -0.443 e. The summed E-state index contributed by atoms with van der Waals surface area (Å²) in [6, 6.07) is 18.5. The topological polar surface area (TPSA) is 83.1 Å². The van der Waals surface area contributed by atoms with Crippen molar-refractivity contribution in [3.05, 3.63) is 83.1 Å². The van der Waals surface area contributed by atoms with Crippen LogP contribution in [-0.2, 0) is 22.2 Å². The van der Waals surface area contributed by atoms with Gasteiger partial charge >= 0.3 is 0 Å². The second-order valence-electron chi connectivity index (χ2n) is 6.60. The monoisotopic (exact) mass is 422 g/mol. The van der Waals surface area contributed by atoms with Crippen molar-refractivity contribution in [3.63, 3.8) is 0 Å². The lowest BCUT2D eigenvalue weighted by Gasteiger charge is -2.12. The normalized spacial score (nSPS) is 12.9. The van der Waals surface area contributed by atoms with Crippen LogP contribution >= 0.6 is 11.8 Å². The van der Waals surface area contributed by atoms with E-state index in [-0.39, 0.29) is 5.09 Å². The molecule has 5 nitrogen and oxygen atoms in total. The molecule has 4 rings (SSSR count). The molecule has 0 fully saturated rings. The SMILES string of the molecule is N#Cc1ccc(SCc2ccccc2)c(NS(=O)(=O)c2cc3c(o2)C=CCC3)c1. The number of allylic oxidation sites excluding steroid dienone is 1. The average molecular weight is 423 g/mol. The number of nitrogens with one attached hydrogen (secondary N) is 1.